The number of rotatable bonds is 11. The van der Waals surface area contributed by atoms with Crippen LogP contribution in [0, 0.1) is 11.3 Å². The van der Waals surface area contributed by atoms with Crippen LogP contribution < -0.4 is 0 Å². The molecular weight excluding hydrogens is 390 g/mol. The maximum absolute atomic E-state index is 12.9. The van der Waals surface area contributed by atoms with E-state index in [0.29, 0.717) is 12.3 Å². The molecule has 170 valence electrons. The predicted octanol–water partition coefficient (Wildman–Crippen LogP) is 6.94. The number of hydrogen-bond donors (Lipinski definition) is 0. The van der Waals surface area contributed by atoms with Crippen LogP contribution >= 0.6 is 11.8 Å². The van der Waals surface area contributed by atoms with Gasteiger partial charge in [-0.1, -0.05) is 65.8 Å². The van der Waals surface area contributed by atoms with Crippen molar-refractivity contribution < 1.29 is 9.53 Å². The fourth-order valence-electron chi connectivity index (χ4n) is 3.85. The molecule has 0 aliphatic carbocycles. The quantitative estimate of drug-likeness (QED) is 0.280. The molecule has 0 N–H and O–H groups in total. The number of thioether (sulfide) groups is 1. The Balaban J connectivity index is 2.77. The van der Waals surface area contributed by atoms with E-state index < -0.39 is 11.6 Å². The maximum Gasteiger partial charge on any atom is 0.331 e. The zero-order chi connectivity index (χ0) is 22.9. The highest BCUT2D eigenvalue weighted by Gasteiger charge is 2.31. The number of carbonyl (C=O) groups is 1. The number of ether oxygens (including phenoxy) is 1. The van der Waals surface area contributed by atoms with E-state index in [1.807, 2.05) is 20.1 Å². The van der Waals surface area contributed by atoms with Gasteiger partial charge < -0.3 is 4.74 Å². The van der Waals surface area contributed by atoms with E-state index in [1.54, 1.807) is 11.8 Å². The monoisotopic (exact) mass is 433 g/mol. The molecule has 0 amide bonds. The van der Waals surface area contributed by atoms with E-state index in [1.165, 1.54) is 11.1 Å². The molecule has 0 spiro atoms. The Morgan fingerprint density at radius 1 is 1.10 bits per heavy atom. The number of esters is 1. The highest BCUT2D eigenvalue weighted by Crippen LogP contribution is 2.30. The molecule has 0 saturated carbocycles. The van der Waals surface area contributed by atoms with Crippen LogP contribution in [0.15, 0.2) is 29.3 Å². The van der Waals surface area contributed by atoms with Crippen LogP contribution in [-0.4, -0.2) is 35.8 Å². The summed E-state index contributed by atoms with van der Waals surface area (Å²) in [7, 11) is 0. The first-order valence-corrected chi connectivity index (χ1v) is 12.6. The molecule has 0 saturated heterocycles. The van der Waals surface area contributed by atoms with Crippen molar-refractivity contribution in [2.75, 3.05) is 12.0 Å². The second kappa shape index (κ2) is 11.9. The largest absolute Gasteiger partial charge is 0.458 e. The summed E-state index contributed by atoms with van der Waals surface area (Å²) in [6, 6.07) is 8.39. The molecule has 2 atom stereocenters. The van der Waals surface area contributed by atoms with Gasteiger partial charge in [0.1, 0.15) is 11.6 Å². The fourth-order valence-corrected chi connectivity index (χ4v) is 4.31. The topological polar surface area (TPSA) is 38.7 Å². The van der Waals surface area contributed by atoms with Crippen LogP contribution in [0.1, 0.15) is 85.3 Å². The van der Waals surface area contributed by atoms with Gasteiger partial charge in [-0.25, -0.2) is 4.79 Å². The van der Waals surface area contributed by atoms with Crippen molar-refractivity contribution in [3.63, 3.8) is 0 Å². The Hall–Kier alpha value is -1.29. The fraction of sp³-hybridized carbons (Fsp3) is 0.692. The maximum atomic E-state index is 12.9. The summed E-state index contributed by atoms with van der Waals surface area (Å²) in [5.41, 5.74) is 2.26. The standard InChI is InChI=1S/C26H43NO2S/c1-19(2)22-12-10-21(11-13-22)16-20(3)17-27-23(14-15-30-9)24(28)29-26(7,8)18-25(4,5)6/h10-13,17,19-20,23H,14-16,18H2,1-9H3/b27-17+. The molecule has 1 rings (SSSR count). The van der Waals surface area contributed by atoms with E-state index in [2.05, 4.69) is 77.1 Å². The van der Waals surface area contributed by atoms with Gasteiger partial charge in [-0.2, -0.15) is 11.8 Å². The third-order valence-electron chi connectivity index (χ3n) is 4.92. The highest BCUT2D eigenvalue weighted by molar-refractivity contribution is 7.98. The lowest BCUT2D eigenvalue weighted by molar-refractivity contribution is -0.160. The molecule has 4 heteroatoms. The summed E-state index contributed by atoms with van der Waals surface area (Å²) < 4.78 is 5.90. The number of nitrogens with zero attached hydrogens (tertiary/aromatic N) is 1. The van der Waals surface area contributed by atoms with Gasteiger partial charge in [0.2, 0.25) is 0 Å². The van der Waals surface area contributed by atoms with E-state index in [-0.39, 0.29) is 17.3 Å². The molecule has 0 heterocycles. The number of aliphatic imine (C=N–C) groups is 1. The van der Waals surface area contributed by atoms with E-state index in [9.17, 15) is 4.79 Å². The second-order valence-corrected chi connectivity index (χ2v) is 11.6. The van der Waals surface area contributed by atoms with Crippen LogP contribution in [-0.2, 0) is 16.0 Å². The third-order valence-corrected chi connectivity index (χ3v) is 5.57. The third kappa shape index (κ3) is 10.7. The van der Waals surface area contributed by atoms with E-state index in [0.717, 1.165) is 18.6 Å². The Bertz CT molecular complexity index is 671. The van der Waals surface area contributed by atoms with Crippen LogP contribution in [0.4, 0.5) is 0 Å². The van der Waals surface area contributed by atoms with Crippen molar-refractivity contribution in [3.8, 4) is 0 Å². The molecule has 0 bridgehead atoms. The van der Waals surface area contributed by atoms with Crippen molar-refractivity contribution in [1.82, 2.24) is 0 Å². The highest BCUT2D eigenvalue weighted by atomic mass is 32.2. The smallest absolute Gasteiger partial charge is 0.331 e. The lowest BCUT2D eigenvalue weighted by atomic mass is 9.83. The minimum absolute atomic E-state index is 0.0987. The Labute approximate surface area is 189 Å². The summed E-state index contributed by atoms with van der Waals surface area (Å²) in [6.45, 7) is 17.1. The Morgan fingerprint density at radius 3 is 2.20 bits per heavy atom. The molecule has 1 aromatic carbocycles. The van der Waals surface area contributed by atoms with Crippen molar-refractivity contribution in [2.45, 2.75) is 92.2 Å². The normalized spacial score (nSPS) is 14.9. The van der Waals surface area contributed by atoms with Gasteiger partial charge >= 0.3 is 5.97 Å². The zero-order valence-electron chi connectivity index (χ0n) is 20.6. The SMILES string of the molecule is CSCCC(/N=C/C(C)Cc1ccc(C(C)C)cc1)C(=O)OC(C)(C)CC(C)(C)C. The summed E-state index contributed by atoms with van der Waals surface area (Å²) in [5.74, 6) is 1.50. The molecule has 0 aliphatic heterocycles. The minimum atomic E-state index is -0.494. The van der Waals surface area contributed by atoms with Crippen molar-refractivity contribution in [1.29, 1.82) is 0 Å². The lowest BCUT2D eigenvalue weighted by Gasteiger charge is -2.33. The van der Waals surface area contributed by atoms with E-state index in [4.69, 9.17) is 4.74 Å². The average molecular weight is 434 g/mol. The minimum Gasteiger partial charge on any atom is -0.458 e. The average Bonchev–Trinajstić information content (AvgIpc) is 2.59. The number of hydrogen-bond acceptors (Lipinski definition) is 4. The van der Waals surface area contributed by atoms with Crippen LogP contribution in [0.2, 0.25) is 0 Å². The summed E-state index contributed by atoms with van der Waals surface area (Å²) >= 11 is 1.73. The predicted molar refractivity (Wildman–Crippen MR) is 133 cm³/mol. The number of benzene rings is 1. The van der Waals surface area contributed by atoms with Gasteiger partial charge in [0.05, 0.1) is 0 Å². The summed E-state index contributed by atoms with van der Waals surface area (Å²) in [4.78, 5) is 17.5. The summed E-state index contributed by atoms with van der Waals surface area (Å²) in [5, 5.41) is 0. The molecule has 0 fully saturated rings. The Morgan fingerprint density at radius 2 is 1.70 bits per heavy atom. The first-order chi connectivity index (χ1) is 13.8. The first kappa shape index (κ1) is 26.7. The summed E-state index contributed by atoms with van der Waals surface area (Å²) in [6.07, 6.45) is 6.44. The molecule has 0 radical (unpaired) electrons. The van der Waals surface area contributed by atoms with Gasteiger partial charge in [0.15, 0.2) is 0 Å². The Kier molecular flexibility index (Phi) is 10.6. The van der Waals surface area contributed by atoms with Crippen LogP contribution in [0.5, 0.6) is 0 Å². The van der Waals surface area contributed by atoms with Gasteiger partial charge in [-0.05, 0) is 73.5 Å². The lowest BCUT2D eigenvalue weighted by Crippen LogP contribution is -2.36. The van der Waals surface area contributed by atoms with Crippen LogP contribution in [0.25, 0.3) is 0 Å². The van der Waals surface area contributed by atoms with E-state index >= 15 is 0 Å². The molecule has 30 heavy (non-hydrogen) atoms. The van der Waals surface area contributed by atoms with Crippen molar-refractivity contribution in [2.24, 2.45) is 16.3 Å². The molecule has 2 unspecified atom stereocenters. The van der Waals surface area contributed by atoms with Gasteiger partial charge in [-0.15, -0.1) is 0 Å². The van der Waals surface area contributed by atoms with Gasteiger partial charge in [-0.3, -0.25) is 4.99 Å². The molecular formula is C26H43NO2S. The second-order valence-electron chi connectivity index (χ2n) is 10.6. The number of carbonyl (C=O) groups excluding carboxylic acids is 1. The van der Waals surface area contributed by atoms with Gasteiger partial charge in [0, 0.05) is 6.21 Å². The molecule has 3 nitrogen and oxygen atoms in total. The first-order valence-electron chi connectivity index (χ1n) is 11.2. The van der Waals surface area contributed by atoms with Crippen molar-refractivity contribution in [3.05, 3.63) is 35.4 Å². The molecule has 0 aliphatic rings. The zero-order valence-corrected chi connectivity index (χ0v) is 21.4. The van der Waals surface area contributed by atoms with Crippen molar-refractivity contribution >= 4 is 23.9 Å². The van der Waals surface area contributed by atoms with Gasteiger partial charge in [0.25, 0.3) is 0 Å². The van der Waals surface area contributed by atoms with Crippen LogP contribution in [0.3, 0.4) is 0 Å². The molecule has 1 aromatic rings. The molecule has 0 aromatic heterocycles.